The van der Waals surface area contributed by atoms with Gasteiger partial charge in [0, 0.05) is 0 Å². The van der Waals surface area contributed by atoms with Crippen LogP contribution in [0.3, 0.4) is 0 Å². The third-order valence-electron chi connectivity index (χ3n) is 4.13. The summed E-state index contributed by atoms with van der Waals surface area (Å²) in [7, 11) is 3.28. The Labute approximate surface area is 150 Å². The van der Waals surface area contributed by atoms with Crippen LogP contribution in [0, 0.1) is 6.92 Å². The molecule has 2 aromatic carbocycles. The lowest BCUT2D eigenvalue weighted by Crippen LogP contribution is -2.17. The van der Waals surface area contributed by atoms with Crippen molar-refractivity contribution in [1.29, 1.82) is 0 Å². The van der Waals surface area contributed by atoms with Gasteiger partial charge in [0.15, 0.2) is 11.5 Å². The number of unbranched alkanes of at least 4 members (excludes halogenated alkanes) is 1. The normalized spacial score (nSPS) is 11.8. The molecule has 0 aromatic heterocycles. The molecule has 0 aliphatic heterocycles. The van der Waals surface area contributed by atoms with Gasteiger partial charge in [0.25, 0.3) is 0 Å². The van der Waals surface area contributed by atoms with E-state index in [2.05, 4.69) is 6.07 Å². The summed E-state index contributed by atoms with van der Waals surface area (Å²) < 4.78 is 16.2. The summed E-state index contributed by atoms with van der Waals surface area (Å²) in [6, 6.07) is 13.9. The van der Waals surface area contributed by atoms with E-state index < -0.39 is 6.10 Å². The largest absolute Gasteiger partial charge is 0.493 e. The molecule has 4 heteroatoms. The number of methoxy groups -OCH3 is 2. The number of aryl methyl sites for hydroxylation is 2. The smallest absolute Gasteiger partial charge is 0.160 e. The Morgan fingerprint density at radius 3 is 2.48 bits per heavy atom. The molecule has 0 saturated heterocycles. The molecule has 1 N–H and O–H groups in total. The highest BCUT2D eigenvalue weighted by Crippen LogP contribution is 2.28. The molecule has 2 aromatic rings. The molecule has 0 aliphatic carbocycles. The van der Waals surface area contributed by atoms with Crippen LogP contribution in [-0.2, 0) is 6.42 Å². The van der Waals surface area contributed by atoms with Crippen molar-refractivity contribution in [3.8, 4) is 17.2 Å². The Morgan fingerprint density at radius 2 is 1.76 bits per heavy atom. The van der Waals surface area contributed by atoms with E-state index in [-0.39, 0.29) is 0 Å². The average molecular weight is 344 g/mol. The summed E-state index contributed by atoms with van der Waals surface area (Å²) in [6.45, 7) is 2.36. The monoisotopic (exact) mass is 344 g/mol. The number of aliphatic hydroxyl groups is 1. The highest BCUT2D eigenvalue weighted by atomic mass is 16.5. The zero-order valence-corrected chi connectivity index (χ0v) is 15.3. The number of hydrogen-bond donors (Lipinski definition) is 1. The maximum atomic E-state index is 10.1. The van der Waals surface area contributed by atoms with Crippen LogP contribution in [0.4, 0.5) is 0 Å². The minimum absolute atomic E-state index is 0.333. The van der Waals surface area contributed by atoms with E-state index in [0.717, 1.165) is 48.5 Å². The molecule has 0 aliphatic rings. The summed E-state index contributed by atoms with van der Waals surface area (Å²) >= 11 is 0. The van der Waals surface area contributed by atoms with E-state index in [9.17, 15) is 5.11 Å². The minimum Gasteiger partial charge on any atom is -0.493 e. The maximum Gasteiger partial charge on any atom is 0.160 e. The second-order valence-corrected chi connectivity index (χ2v) is 6.22. The Bertz CT molecular complexity index is 654. The van der Waals surface area contributed by atoms with E-state index in [0.29, 0.717) is 6.61 Å². The maximum absolute atomic E-state index is 10.1. The van der Waals surface area contributed by atoms with E-state index in [1.807, 2.05) is 43.3 Å². The fourth-order valence-electron chi connectivity index (χ4n) is 2.73. The molecule has 0 spiro atoms. The van der Waals surface area contributed by atoms with Gasteiger partial charge in [-0.2, -0.15) is 0 Å². The van der Waals surface area contributed by atoms with Gasteiger partial charge in [0.2, 0.25) is 0 Å². The molecule has 1 atom stereocenters. The van der Waals surface area contributed by atoms with Crippen molar-refractivity contribution >= 4 is 0 Å². The van der Waals surface area contributed by atoms with E-state index in [4.69, 9.17) is 14.2 Å². The average Bonchev–Trinajstić information content (AvgIpc) is 2.63. The molecule has 0 amide bonds. The molecule has 4 nitrogen and oxygen atoms in total. The summed E-state index contributed by atoms with van der Waals surface area (Å²) in [5, 5.41) is 10.1. The molecule has 0 fully saturated rings. The first-order valence-electron chi connectivity index (χ1n) is 8.71. The van der Waals surface area contributed by atoms with Crippen molar-refractivity contribution in [2.45, 2.75) is 38.7 Å². The standard InChI is InChI=1S/C21H28O4/c1-16-7-6-10-19(13-16)25-15-18(22)9-5-4-8-17-11-12-20(23-2)21(14-17)24-3/h6-7,10-14,18,22H,4-5,8-9,15H2,1-3H3. The van der Waals surface area contributed by atoms with Gasteiger partial charge in [-0.25, -0.2) is 0 Å². The Kier molecular flexibility index (Phi) is 7.61. The van der Waals surface area contributed by atoms with Crippen LogP contribution in [0.5, 0.6) is 17.2 Å². The number of aliphatic hydroxyl groups excluding tert-OH is 1. The van der Waals surface area contributed by atoms with Gasteiger partial charge in [-0.1, -0.05) is 24.6 Å². The Hall–Kier alpha value is -2.20. The molecule has 2 rings (SSSR count). The SMILES string of the molecule is COc1ccc(CCCCC(O)COc2cccc(C)c2)cc1OC. The molecule has 0 bridgehead atoms. The van der Waals surface area contributed by atoms with Gasteiger partial charge < -0.3 is 19.3 Å². The first kappa shape index (κ1) is 19.1. The van der Waals surface area contributed by atoms with Crippen LogP contribution in [0.2, 0.25) is 0 Å². The second kappa shape index (κ2) is 9.94. The second-order valence-electron chi connectivity index (χ2n) is 6.22. The topological polar surface area (TPSA) is 47.9 Å². The van der Waals surface area contributed by atoms with Gasteiger partial charge in [-0.3, -0.25) is 0 Å². The third kappa shape index (κ3) is 6.31. The molecule has 0 heterocycles. The highest BCUT2D eigenvalue weighted by molar-refractivity contribution is 5.42. The molecular formula is C21H28O4. The minimum atomic E-state index is -0.439. The highest BCUT2D eigenvalue weighted by Gasteiger charge is 2.07. The Morgan fingerprint density at radius 1 is 0.960 bits per heavy atom. The van der Waals surface area contributed by atoms with Crippen molar-refractivity contribution in [3.63, 3.8) is 0 Å². The molecular weight excluding hydrogens is 316 g/mol. The van der Waals surface area contributed by atoms with E-state index >= 15 is 0 Å². The first-order valence-corrected chi connectivity index (χ1v) is 8.71. The van der Waals surface area contributed by atoms with Crippen molar-refractivity contribution in [2.75, 3.05) is 20.8 Å². The molecule has 1 unspecified atom stereocenters. The fourth-order valence-corrected chi connectivity index (χ4v) is 2.73. The van der Waals surface area contributed by atoms with Crippen LogP contribution >= 0.6 is 0 Å². The molecule has 136 valence electrons. The Balaban J connectivity index is 1.68. The molecule has 0 saturated carbocycles. The lowest BCUT2D eigenvalue weighted by atomic mass is 10.0. The van der Waals surface area contributed by atoms with Crippen LogP contribution in [0.15, 0.2) is 42.5 Å². The quantitative estimate of drug-likeness (QED) is 0.657. The first-order chi connectivity index (χ1) is 12.1. The van der Waals surface area contributed by atoms with Crippen LogP contribution in [0.25, 0.3) is 0 Å². The van der Waals surface area contributed by atoms with Crippen LogP contribution in [0.1, 0.15) is 30.4 Å². The van der Waals surface area contributed by atoms with Gasteiger partial charge in [-0.05, 0) is 61.6 Å². The van der Waals surface area contributed by atoms with Crippen molar-refractivity contribution < 1.29 is 19.3 Å². The predicted molar refractivity (Wildman–Crippen MR) is 99.8 cm³/mol. The summed E-state index contributed by atoms with van der Waals surface area (Å²) in [6.07, 6.45) is 3.21. The number of hydrogen-bond acceptors (Lipinski definition) is 4. The predicted octanol–water partition coefficient (Wildman–Crippen LogP) is 4.16. The van der Waals surface area contributed by atoms with Crippen molar-refractivity contribution in [2.24, 2.45) is 0 Å². The lowest BCUT2D eigenvalue weighted by molar-refractivity contribution is 0.0976. The van der Waals surface area contributed by atoms with Gasteiger partial charge >= 0.3 is 0 Å². The number of benzene rings is 2. The molecule has 25 heavy (non-hydrogen) atoms. The lowest BCUT2D eigenvalue weighted by Gasteiger charge is -2.13. The van der Waals surface area contributed by atoms with Crippen LogP contribution < -0.4 is 14.2 Å². The van der Waals surface area contributed by atoms with Gasteiger partial charge in [-0.15, -0.1) is 0 Å². The van der Waals surface area contributed by atoms with E-state index in [1.165, 1.54) is 5.56 Å². The molecule has 0 radical (unpaired) electrons. The van der Waals surface area contributed by atoms with Crippen molar-refractivity contribution in [1.82, 2.24) is 0 Å². The number of ether oxygens (including phenoxy) is 3. The van der Waals surface area contributed by atoms with Crippen LogP contribution in [-0.4, -0.2) is 32.0 Å². The zero-order valence-electron chi connectivity index (χ0n) is 15.3. The zero-order chi connectivity index (χ0) is 18.1. The summed E-state index contributed by atoms with van der Waals surface area (Å²) in [4.78, 5) is 0. The summed E-state index contributed by atoms with van der Waals surface area (Å²) in [5.41, 5.74) is 2.37. The van der Waals surface area contributed by atoms with Crippen molar-refractivity contribution in [3.05, 3.63) is 53.6 Å². The summed E-state index contributed by atoms with van der Waals surface area (Å²) in [5.74, 6) is 2.31. The third-order valence-corrected chi connectivity index (χ3v) is 4.13. The van der Waals surface area contributed by atoms with Gasteiger partial charge in [0.05, 0.1) is 20.3 Å². The fraction of sp³-hybridized carbons (Fsp3) is 0.429. The van der Waals surface area contributed by atoms with Gasteiger partial charge in [0.1, 0.15) is 12.4 Å². The van der Waals surface area contributed by atoms with E-state index in [1.54, 1.807) is 14.2 Å². The number of rotatable bonds is 10.